The Balaban J connectivity index is 3.63. The molecule has 0 unspecified atom stereocenters. The monoisotopic (exact) mass is 108 g/mol. The van der Waals surface area contributed by atoms with Crippen LogP contribution in [0.15, 0.2) is 28.5 Å². The van der Waals surface area contributed by atoms with Crippen LogP contribution in [-0.2, 0) is 0 Å². The smallest absolute Gasteiger partial charge is 0.0874 e. The third-order valence-electron chi connectivity index (χ3n) is 0.447. The second-order valence-electron chi connectivity index (χ2n) is 1.05. The van der Waals surface area contributed by atoms with Crippen LogP contribution in [0.4, 0.5) is 0 Å². The third kappa shape index (κ3) is 4.86. The van der Waals surface area contributed by atoms with Gasteiger partial charge in [-0.3, -0.25) is 4.99 Å². The van der Waals surface area contributed by atoms with Gasteiger partial charge in [-0.15, -0.1) is 0 Å². The topological polar surface area (TPSA) is 24.7 Å². The molecule has 0 aromatic heterocycles. The van der Waals surface area contributed by atoms with Crippen molar-refractivity contribution in [1.82, 2.24) is 0 Å². The summed E-state index contributed by atoms with van der Waals surface area (Å²) in [7, 11) is 0. The lowest BCUT2D eigenvalue weighted by molar-refractivity contribution is 1.54. The molecule has 0 saturated heterocycles. The molecule has 42 valence electrons. The van der Waals surface area contributed by atoms with Gasteiger partial charge in [-0.2, -0.15) is 0 Å². The molecule has 8 heavy (non-hydrogen) atoms. The molecule has 2 nitrogen and oxygen atoms in total. The fourth-order valence-electron chi connectivity index (χ4n) is 0.192. The Morgan fingerprint density at radius 1 is 1.62 bits per heavy atom. The number of nitrogens with zero attached hydrogens (tertiary/aromatic N) is 2. The molecule has 0 amide bonds. The van der Waals surface area contributed by atoms with E-state index in [0.29, 0.717) is 0 Å². The highest BCUT2D eigenvalue weighted by atomic mass is 14.7. The summed E-state index contributed by atoms with van der Waals surface area (Å²) >= 11 is 0. The van der Waals surface area contributed by atoms with Crippen LogP contribution < -0.4 is 0 Å². The van der Waals surface area contributed by atoms with E-state index in [0.717, 1.165) is 0 Å². The Hall–Kier alpha value is -1.14. The zero-order chi connectivity index (χ0) is 6.24. The van der Waals surface area contributed by atoms with Crippen molar-refractivity contribution in [3.8, 4) is 0 Å². The van der Waals surface area contributed by atoms with Crippen molar-refractivity contribution >= 4 is 12.6 Å². The number of allylic oxidation sites excluding steroid dienone is 1. The Kier molecular flexibility index (Phi) is 5.02. The minimum atomic E-state index is 1.40. The highest BCUT2D eigenvalue weighted by Gasteiger charge is 1.50. The summed E-state index contributed by atoms with van der Waals surface area (Å²) in [5, 5.41) is 0. The largest absolute Gasteiger partial charge is 0.263 e. The van der Waals surface area contributed by atoms with Crippen LogP contribution in [0.25, 0.3) is 0 Å². The standard InChI is InChI=1S/C6H8N2/c1-3-4-8-6-5-7-2/h3-5H,2H2,1H3/b4-3-. The van der Waals surface area contributed by atoms with Gasteiger partial charge in [0.1, 0.15) is 0 Å². The first-order valence-electron chi connectivity index (χ1n) is 2.26. The SMILES string of the molecule is C=NC=C=N/C=C\C. The maximum Gasteiger partial charge on any atom is 0.0874 e. The van der Waals surface area contributed by atoms with E-state index < -0.39 is 0 Å². The van der Waals surface area contributed by atoms with Crippen molar-refractivity contribution in [1.29, 1.82) is 0 Å². The average Bonchev–Trinajstić information content (AvgIpc) is 1.81. The van der Waals surface area contributed by atoms with E-state index in [4.69, 9.17) is 0 Å². The number of hydrogen-bond donors (Lipinski definition) is 0. The molecule has 0 N–H and O–H groups in total. The van der Waals surface area contributed by atoms with E-state index in [-0.39, 0.29) is 0 Å². The van der Waals surface area contributed by atoms with E-state index in [1.54, 1.807) is 6.20 Å². The first kappa shape index (κ1) is 6.86. The van der Waals surface area contributed by atoms with Crippen molar-refractivity contribution in [2.45, 2.75) is 6.92 Å². The molecule has 0 aliphatic carbocycles. The molecule has 0 radical (unpaired) electrons. The van der Waals surface area contributed by atoms with E-state index in [9.17, 15) is 0 Å². The van der Waals surface area contributed by atoms with Crippen molar-refractivity contribution in [2.75, 3.05) is 0 Å². The lowest BCUT2D eigenvalue weighted by Crippen LogP contribution is -1.49. The van der Waals surface area contributed by atoms with Crippen LogP contribution in [0.5, 0.6) is 0 Å². The van der Waals surface area contributed by atoms with Crippen LogP contribution in [0, 0.1) is 0 Å². The van der Waals surface area contributed by atoms with Crippen molar-refractivity contribution in [3.05, 3.63) is 18.5 Å². The van der Waals surface area contributed by atoms with Crippen LogP contribution in [0.3, 0.4) is 0 Å². The molecule has 0 bridgehead atoms. The summed E-state index contributed by atoms with van der Waals surface area (Å²) in [4.78, 5) is 7.05. The van der Waals surface area contributed by atoms with Gasteiger partial charge in [-0.1, -0.05) is 6.08 Å². The van der Waals surface area contributed by atoms with Crippen LogP contribution in [0.2, 0.25) is 0 Å². The van der Waals surface area contributed by atoms with Gasteiger partial charge in [0.05, 0.1) is 6.20 Å². The van der Waals surface area contributed by atoms with Crippen LogP contribution in [-0.4, -0.2) is 12.6 Å². The molecule has 0 spiro atoms. The van der Waals surface area contributed by atoms with Crippen LogP contribution in [0.1, 0.15) is 6.92 Å². The maximum absolute atomic E-state index is 3.66. The first-order chi connectivity index (χ1) is 3.91. The Labute approximate surface area is 49.0 Å². The van der Waals surface area contributed by atoms with E-state index in [1.165, 1.54) is 6.20 Å². The summed E-state index contributed by atoms with van der Waals surface area (Å²) in [5.74, 6) is 2.52. The summed E-state index contributed by atoms with van der Waals surface area (Å²) in [6.07, 6.45) is 4.84. The molecule has 0 rings (SSSR count). The number of rotatable bonds is 2. The van der Waals surface area contributed by atoms with Gasteiger partial charge in [0.25, 0.3) is 0 Å². The molecule has 0 atom stereocenters. The molecule has 0 aromatic carbocycles. The van der Waals surface area contributed by atoms with Crippen molar-refractivity contribution in [3.63, 3.8) is 0 Å². The maximum atomic E-state index is 3.66. The summed E-state index contributed by atoms with van der Waals surface area (Å²) < 4.78 is 0. The van der Waals surface area contributed by atoms with Gasteiger partial charge >= 0.3 is 0 Å². The van der Waals surface area contributed by atoms with Gasteiger partial charge < -0.3 is 0 Å². The molecule has 0 aliphatic heterocycles. The Morgan fingerprint density at radius 2 is 2.38 bits per heavy atom. The fraction of sp³-hybridized carbons (Fsp3) is 0.167. The molecule has 2 heteroatoms. The number of hydrogen-bond acceptors (Lipinski definition) is 2. The summed E-state index contributed by atoms with van der Waals surface area (Å²) in [6.45, 7) is 5.09. The van der Waals surface area contributed by atoms with Gasteiger partial charge in [-0.05, 0) is 13.6 Å². The first-order valence-corrected chi connectivity index (χ1v) is 2.26. The van der Waals surface area contributed by atoms with Gasteiger partial charge in [0.2, 0.25) is 0 Å². The zero-order valence-corrected chi connectivity index (χ0v) is 4.83. The average molecular weight is 108 g/mol. The molecular formula is C6H8N2. The van der Waals surface area contributed by atoms with Gasteiger partial charge in [-0.25, -0.2) is 4.99 Å². The Morgan fingerprint density at radius 3 is 2.88 bits per heavy atom. The lowest BCUT2D eigenvalue weighted by atomic mass is 10.7. The normalized spacial score (nSPS) is 8.12. The van der Waals surface area contributed by atoms with E-state index in [1.807, 2.05) is 13.0 Å². The predicted molar refractivity (Wildman–Crippen MR) is 36.4 cm³/mol. The lowest BCUT2D eigenvalue weighted by Gasteiger charge is -1.62. The van der Waals surface area contributed by atoms with E-state index >= 15 is 0 Å². The van der Waals surface area contributed by atoms with Crippen LogP contribution >= 0.6 is 0 Å². The van der Waals surface area contributed by atoms with Gasteiger partial charge in [0, 0.05) is 12.1 Å². The zero-order valence-electron chi connectivity index (χ0n) is 4.83. The molecule has 0 aliphatic rings. The Bertz CT molecular complexity index is 139. The fourth-order valence-corrected chi connectivity index (χ4v) is 0.192. The summed E-state index contributed by atoms with van der Waals surface area (Å²) in [5.41, 5.74) is 0. The molecule has 0 fully saturated rings. The number of aliphatic imine (C=N–C) groups is 2. The quantitative estimate of drug-likeness (QED) is 0.478. The van der Waals surface area contributed by atoms with Gasteiger partial charge in [0.15, 0.2) is 0 Å². The third-order valence-corrected chi connectivity index (χ3v) is 0.447. The molecule has 0 aromatic rings. The summed E-state index contributed by atoms with van der Waals surface area (Å²) in [6, 6.07) is 0. The second kappa shape index (κ2) is 5.86. The van der Waals surface area contributed by atoms with Crippen molar-refractivity contribution < 1.29 is 0 Å². The predicted octanol–water partition coefficient (Wildman–Crippen LogP) is 1.40. The second-order valence-corrected chi connectivity index (χ2v) is 1.05. The van der Waals surface area contributed by atoms with E-state index in [2.05, 4.69) is 22.6 Å². The highest BCUT2D eigenvalue weighted by Crippen LogP contribution is 1.67. The highest BCUT2D eigenvalue weighted by molar-refractivity contribution is 5.53. The minimum Gasteiger partial charge on any atom is -0.263 e. The van der Waals surface area contributed by atoms with Crippen molar-refractivity contribution in [2.24, 2.45) is 9.98 Å². The minimum absolute atomic E-state index is 1.40. The molecule has 0 heterocycles. The molecular weight excluding hydrogens is 100 g/mol. The molecule has 0 saturated carbocycles.